The molecule has 2 amide bonds. The van der Waals surface area contributed by atoms with E-state index in [2.05, 4.69) is 29.1 Å². The highest BCUT2D eigenvalue weighted by Crippen LogP contribution is 2.22. The summed E-state index contributed by atoms with van der Waals surface area (Å²) < 4.78 is 13.0. The number of nitrogens with zero attached hydrogens (tertiary/aromatic N) is 3. The molecule has 1 aromatic heterocycles. The summed E-state index contributed by atoms with van der Waals surface area (Å²) in [5.74, 6) is -0.995. The molecule has 0 aliphatic carbocycles. The molecule has 0 fully saturated rings. The molecule has 0 spiro atoms. The fourth-order valence-corrected chi connectivity index (χ4v) is 2.90. The predicted molar refractivity (Wildman–Crippen MR) is 113 cm³/mol. The molecule has 30 heavy (non-hydrogen) atoms. The van der Waals surface area contributed by atoms with Crippen molar-refractivity contribution in [2.75, 3.05) is 11.9 Å². The van der Waals surface area contributed by atoms with Crippen LogP contribution in [0.15, 0.2) is 60.9 Å². The van der Waals surface area contributed by atoms with Crippen molar-refractivity contribution in [3.63, 3.8) is 0 Å². The molecule has 0 aliphatic rings. The Morgan fingerprint density at radius 2 is 1.70 bits per heavy atom. The SMILES string of the molecule is CC(C)c1cccc(N(C)C(=O)c2nccnc2C(=O)NCc2ccc(F)cc2)c1. The monoisotopic (exact) mass is 406 g/mol. The van der Waals surface area contributed by atoms with E-state index in [-0.39, 0.29) is 23.7 Å². The molecular weight excluding hydrogens is 383 g/mol. The second kappa shape index (κ2) is 9.26. The summed E-state index contributed by atoms with van der Waals surface area (Å²) in [4.78, 5) is 35.3. The van der Waals surface area contributed by atoms with Crippen LogP contribution in [0.3, 0.4) is 0 Å². The maximum atomic E-state index is 13.1. The van der Waals surface area contributed by atoms with Gasteiger partial charge in [0.25, 0.3) is 11.8 Å². The van der Waals surface area contributed by atoms with Crippen molar-refractivity contribution in [3.05, 3.63) is 89.3 Å². The molecule has 0 atom stereocenters. The molecule has 1 heterocycles. The Bertz CT molecular complexity index is 1050. The molecule has 0 bridgehead atoms. The molecule has 154 valence electrons. The first-order valence-corrected chi connectivity index (χ1v) is 9.58. The summed E-state index contributed by atoms with van der Waals surface area (Å²) in [5, 5.41) is 2.70. The van der Waals surface area contributed by atoms with Gasteiger partial charge in [-0.25, -0.2) is 14.4 Å². The number of halogens is 1. The van der Waals surface area contributed by atoms with Gasteiger partial charge in [0.2, 0.25) is 0 Å². The van der Waals surface area contributed by atoms with Gasteiger partial charge in [0.05, 0.1) is 0 Å². The number of hydrogen-bond acceptors (Lipinski definition) is 4. The highest BCUT2D eigenvalue weighted by atomic mass is 19.1. The summed E-state index contributed by atoms with van der Waals surface area (Å²) >= 11 is 0. The lowest BCUT2D eigenvalue weighted by Gasteiger charge is -2.19. The van der Waals surface area contributed by atoms with Gasteiger partial charge >= 0.3 is 0 Å². The second-order valence-corrected chi connectivity index (χ2v) is 7.18. The minimum atomic E-state index is -0.528. The summed E-state index contributed by atoms with van der Waals surface area (Å²) in [7, 11) is 1.64. The van der Waals surface area contributed by atoms with Crippen LogP contribution in [-0.2, 0) is 6.54 Å². The van der Waals surface area contributed by atoms with E-state index in [4.69, 9.17) is 0 Å². The Hall–Kier alpha value is -3.61. The van der Waals surface area contributed by atoms with E-state index >= 15 is 0 Å². The number of aromatic nitrogens is 2. The first-order chi connectivity index (χ1) is 14.4. The first kappa shape index (κ1) is 21.1. The molecule has 1 N–H and O–H groups in total. The van der Waals surface area contributed by atoms with E-state index in [0.29, 0.717) is 11.6 Å². The van der Waals surface area contributed by atoms with Crippen LogP contribution in [-0.4, -0.2) is 28.8 Å². The Morgan fingerprint density at radius 3 is 2.37 bits per heavy atom. The van der Waals surface area contributed by atoms with Crippen LogP contribution in [0.4, 0.5) is 10.1 Å². The second-order valence-electron chi connectivity index (χ2n) is 7.18. The third-order valence-electron chi connectivity index (χ3n) is 4.71. The zero-order valence-electron chi connectivity index (χ0n) is 17.1. The molecule has 0 aliphatic heterocycles. The van der Waals surface area contributed by atoms with E-state index in [1.165, 1.54) is 29.4 Å². The third kappa shape index (κ3) is 4.86. The first-order valence-electron chi connectivity index (χ1n) is 9.58. The van der Waals surface area contributed by atoms with Crippen LogP contribution >= 0.6 is 0 Å². The van der Waals surface area contributed by atoms with Gasteiger partial charge in [0, 0.05) is 31.7 Å². The number of hydrogen-bond donors (Lipinski definition) is 1. The van der Waals surface area contributed by atoms with Crippen molar-refractivity contribution in [1.29, 1.82) is 0 Å². The molecule has 0 unspecified atom stereocenters. The van der Waals surface area contributed by atoms with E-state index in [0.717, 1.165) is 11.1 Å². The molecular formula is C23H23FN4O2. The van der Waals surface area contributed by atoms with Crippen LogP contribution in [0.2, 0.25) is 0 Å². The van der Waals surface area contributed by atoms with Gasteiger partial charge in [-0.05, 0) is 41.3 Å². The lowest BCUT2D eigenvalue weighted by Crippen LogP contribution is -2.32. The van der Waals surface area contributed by atoms with Crippen molar-refractivity contribution in [3.8, 4) is 0 Å². The maximum Gasteiger partial charge on any atom is 0.279 e. The van der Waals surface area contributed by atoms with Crippen molar-refractivity contribution in [2.24, 2.45) is 0 Å². The number of carbonyl (C=O) groups is 2. The fraction of sp³-hybridized carbons (Fsp3) is 0.217. The van der Waals surface area contributed by atoms with Crippen molar-refractivity contribution in [1.82, 2.24) is 15.3 Å². The molecule has 0 saturated carbocycles. The zero-order chi connectivity index (χ0) is 21.7. The highest BCUT2D eigenvalue weighted by Gasteiger charge is 2.23. The number of rotatable bonds is 6. The van der Waals surface area contributed by atoms with Gasteiger partial charge in [-0.15, -0.1) is 0 Å². The van der Waals surface area contributed by atoms with Crippen molar-refractivity contribution >= 4 is 17.5 Å². The van der Waals surface area contributed by atoms with E-state index in [1.54, 1.807) is 19.2 Å². The minimum Gasteiger partial charge on any atom is -0.347 e. The lowest BCUT2D eigenvalue weighted by atomic mass is 10.0. The third-order valence-corrected chi connectivity index (χ3v) is 4.71. The minimum absolute atomic E-state index is 0.0356. The van der Waals surface area contributed by atoms with Crippen LogP contribution in [0.1, 0.15) is 51.9 Å². The Labute approximate surface area is 174 Å². The molecule has 0 radical (unpaired) electrons. The largest absolute Gasteiger partial charge is 0.347 e. The number of carbonyl (C=O) groups excluding carboxylic acids is 2. The number of amides is 2. The van der Waals surface area contributed by atoms with E-state index in [1.807, 2.05) is 24.3 Å². The maximum absolute atomic E-state index is 13.1. The van der Waals surface area contributed by atoms with Crippen molar-refractivity contribution < 1.29 is 14.0 Å². The van der Waals surface area contributed by atoms with Gasteiger partial charge < -0.3 is 10.2 Å². The molecule has 7 heteroatoms. The van der Waals surface area contributed by atoms with Crippen LogP contribution in [0.5, 0.6) is 0 Å². The average molecular weight is 406 g/mol. The highest BCUT2D eigenvalue weighted by molar-refractivity contribution is 6.10. The number of nitrogens with one attached hydrogen (secondary N) is 1. The fourth-order valence-electron chi connectivity index (χ4n) is 2.90. The van der Waals surface area contributed by atoms with Gasteiger partial charge in [-0.2, -0.15) is 0 Å². The Kier molecular flexibility index (Phi) is 6.51. The van der Waals surface area contributed by atoms with E-state index in [9.17, 15) is 14.0 Å². The topological polar surface area (TPSA) is 75.2 Å². The predicted octanol–water partition coefficient (Wildman–Crippen LogP) is 3.95. The molecule has 2 aromatic carbocycles. The molecule has 6 nitrogen and oxygen atoms in total. The van der Waals surface area contributed by atoms with Gasteiger partial charge in [0.15, 0.2) is 11.4 Å². The lowest BCUT2D eigenvalue weighted by molar-refractivity contribution is 0.0925. The average Bonchev–Trinajstić information content (AvgIpc) is 2.77. The van der Waals surface area contributed by atoms with Gasteiger partial charge in [-0.1, -0.05) is 38.1 Å². The quantitative estimate of drug-likeness (QED) is 0.673. The normalized spacial score (nSPS) is 10.7. The number of benzene rings is 2. The standard InChI is InChI=1S/C23H23FN4O2/c1-15(2)17-5-4-6-19(13-17)28(3)23(30)21-20(25-11-12-26-21)22(29)27-14-16-7-9-18(24)10-8-16/h4-13,15H,14H2,1-3H3,(H,27,29). The van der Waals surface area contributed by atoms with Crippen LogP contribution < -0.4 is 10.2 Å². The summed E-state index contributed by atoms with van der Waals surface area (Å²) in [6, 6.07) is 13.5. The molecule has 3 rings (SSSR count). The van der Waals surface area contributed by atoms with Gasteiger partial charge in [0.1, 0.15) is 5.82 Å². The number of anilines is 1. The van der Waals surface area contributed by atoms with E-state index < -0.39 is 11.8 Å². The van der Waals surface area contributed by atoms with Crippen molar-refractivity contribution in [2.45, 2.75) is 26.3 Å². The Balaban J connectivity index is 1.79. The van der Waals surface area contributed by atoms with Crippen LogP contribution in [0.25, 0.3) is 0 Å². The molecule has 0 saturated heterocycles. The summed E-state index contributed by atoms with van der Waals surface area (Å²) in [5.41, 5.74) is 2.44. The van der Waals surface area contributed by atoms with Crippen LogP contribution in [0, 0.1) is 5.82 Å². The smallest absolute Gasteiger partial charge is 0.279 e. The molecule has 3 aromatic rings. The van der Waals surface area contributed by atoms with Gasteiger partial charge in [-0.3, -0.25) is 9.59 Å². The summed E-state index contributed by atoms with van der Waals surface area (Å²) in [6.07, 6.45) is 2.74. The zero-order valence-corrected chi connectivity index (χ0v) is 17.1. The summed E-state index contributed by atoms with van der Waals surface area (Å²) in [6.45, 7) is 4.33. The Morgan fingerprint density at radius 1 is 1.03 bits per heavy atom.